The summed E-state index contributed by atoms with van der Waals surface area (Å²) < 4.78 is 4.91. The number of rotatable bonds is 4. The molecule has 0 aromatic carbocycles. The van der Waals surface area contributed by atoms with E-state index in [1.165, 1.54) is 13.5 Å². The Labute approximate surface area is 98.3 Å². The molecule has 1 N–H and O–H groups in total. The maximum atomic E-state index is 11.8. The van der Waals surface area contributed by atoms with Crippen LogP contribution < -0.4 is 5.32 Å². The first kappa shape index (κ1) is 13.5. The molecule has 4 nitrogen and oxygen atoms in total. The highest BCUT2D eigenvalue weighted by molar-refractivity contribution is 5.80. The first-order valence-corrected chi connectivity index (χ1v) is 6.18. The zero-order valence-corrected chi connectivity index (χ0v) is 10.7. The topological polar surface area (TPSA) is 41.6 Å². The molecule has 0 aliphatic carbocycles. The SMILES string of the molecule is CCCN1CCCC(NC)(C(=O)OC)CC1. The summed E-state index contributed by atoms with van der Waals surface area (Å²) in [5.41, 5.74) is -0.461. The van der Waals surface area contributed by atoms with Crippen LogP contribution in [0.5, 0.6) is 0 Å². The Hall–Kier alpha value is -0.610. The first-order valence-electron chi connectivity index (χ1n) is 6.18. The molecule has 0 bridgehead atoms. The van der Waals surface area contributed by atoms with Crippen LogP contribution in [0.3, 0.4) is 0 Å². The molecule has 1 unspecified atom stereocenters. The molecule has 1 atom stereocenters. The fourth-order valence-corrected chi connectivity index (χ4v) is 2.48. The van der Waals surface area contributed by atoms with Gasteiger partial charge < -0.3 is 15.0 Å². The van der Waals surface area contributed by atoms with E-state index in [2.05, 4.69) is 17.1 Å². The Morgan fingerprint density at radius 3 is 2.75 bits per heavy atom. The van der Waals surface area contributed by atoms with Crippen LogP contribution in [-0.2, 0) is 9.53 Å². The number of hydrogen-bond acceptors (Lipinski definition) is 4. The number of esters is 1. The number of likely N-dealkylation sites (N-methyl/N-ethyl adjacent to an activating group) is 1. The molecule has 0 radical (unpaired) electrons. The molecule has 0 spiro atoms. The number of likely N-dealkylation sites (tertiary alicyclic amines) is 1. The second-order valence-electron chi connectivity index (χ2n) is 4.52. The van der Waals surface area contributed by atoms with Crippen LogP contribution in [0.15, 0.2) is 0 Å². The van der Waals surface area contributed by atoms with Gasteiger partial charge in [0.1, 0.15) is 5.54 Å². The van der Waals surface area contributed by atoms with Gasteiger partial charge in [0.05, 0.1) is 7.11 Å². The molecule has 1 heterocycles. The molecule has 1 rings (SSSR count). The zero-order valence-electron chi connectivity index (χ0n) is 10.7. The van der Waals surface area contributed by atoms with Crippen molar-refractivity contribution in [1.29, 1.82) is 0 Å². The number of methoxy groups -OCH3 is 1. The predicted molar refractivity (Wildman–Crippen MR) is 64.4 cm³/mol. The summed E-state index contributed by atoms with van der Waals surface area (Å²) >= 11 is 0. The highest BCUT2D eigenvalue weighted by Crippen LogP contribution is 2.23. The molecule has 0 amide bonds. The average molecular weight is 228 g/mol. The second-order valence-corrected chi connectivity index (χ2v) is 4.52. The molecule has 16 heavy (non-hydrogen) atoms. The second kappa shape index (κ2) is 6.21. The van der Waals surface area contributed by atoms with Gasteiger partial charge in [-0.15, -0.1) is 0 Å². The zero-order chi connectivity index (χ0) is 12.0. The fourth-order valence-electron chi connectivity index (χ4n) is 2.48. The normalized spacial score (nSPS) is 27.4. The lowest BCUT2D eigenvalue weighted by molar-refractivity contribution is -0.149. The Balaban J connectivity index is 2.64. The standard InChI is InChI=1S/C12H24N2O2/c1-4-8-14-9-5-6-12(13-2,7-10-14)11(15)16-3/h13H,4-10H2,1-3H3. The van der Waals surface area contributed by atoms with Crippen LogP contribution in [0.1, 0.15) is 32.6 Å². The minimum absolute atomic E-state index is 0.117. The van der Waals surface area contributed by atoms with E-state index in [-0.39, 0.29) is 5.97 Å². The van der Waals surface area contributed by atoms with Gasteiger partial charge >= 0.3 is 5.97 Å². The van der Waals surface area contributed by atoms with Crippen LogP contribution >= 0.6 is 0 Å². The van der Waals surface area contributed by atoms with Crippen molar-refractivity contribution in [3.05, 3.63) is 0 Å². The molecule has 94 valence electrons. The number of nitrogens with one attached hydrogen (secondary N) is 1. The summed E-state index contributed by atoms with van der Waals surface area (Å²) in [6.07, 6.45) is 3.94. The van der Waals surface area contributed by atoms with Crippen LogP contribution in [0, 0.1) is 0 Å². The number of nitrogens with zero attached hydrogens (tertiary/aromatic N) is 1. The van der Waals surface area contributed by atoms with Crippen molar-refractivity contribution in [3.63, 3.8) is 0 Å². The van der Waals surface area contributed by atoms with Gasteiger partial charge in [0, 0.05) is 6.54 Å². The van der Waals surface area contributed by atoms with E-state index in [0.29, 0.717) is 0 Å². The third kappa shape index (κ3) is 2.95. The van der Waals surface area contributed by atoms with Gasteiger partial charge in [-0.05, 0) is 45.8 Å². The van der Waals surface area contributed by atoms with Crippen LogP contribution in [0.4, 0.5) is 0 Å². The largest absolute Gasteiger partial charge is 0.468 e. The predicted octanol–water partition coefficient (Wildman–Crippen LogP) is 1.01. The molecule has 1 aliphatic rings. The highest BCUT2D eigenvalue weighted by Gasteiger charge is 2.39. The number of hydrogen-bond donors (Lipinski definition) is 1. The summed E-state index contributed by atoms with van der Waals surface area (Å²) in [5, 5.41) is 3.17. The Kier molecular flexibility index (Phi) is 5.22. The van der Waals surface area contributed by atoms with E-state index >= 15 is 0 Å². The van der Waals surface area contributed by atoms with Gasteiger partial charge in [-0.25, -0.2) is 0 Å². The number of carbonyl (C=O) groups excluding carboxylic acids is 1. The van der Waals surface area contributed by atoms with E-state index in [4.69, 9.17) is 4.74 Å². The third-order valence-electron chi connectivity index (χ3n) is 3.53. The summed E-state index contributed by atoms with van der Waals surface area (Å²) in [5.74, 6) is -0.117. The minimum atomic E-state index is -0.461. The Morgan fingerprint density at radius 2 is 2.19 bits per heavy atom. The quantitative estimate of drug-likeness (QED) is 0.729. The summed E-state index contributed by atoms with van der Waals surface area (Å²) in [6, 6.07) is 0. The highest BCUT2D eigenvalue weighted by atomic mass is 16.5. The average Bonchev–Trinajstić information content (AvgIpc) is 2.52. The van der Waals surface area contributed by atoms with Crippen molar-refractivity contribution < 1.29 is 9.53 Å². The van der Waals surface area contributed by atoms with Crippen LogP contribution in [-0.4, -0.2) is 50.2 Å². The number of ether oxygens (including phenoxy) is 1. The van der Waals surface area contributed by atoms with Crippen LogP contribution in [0.25, 0.3) is 0 Å². The van der Waals surface area contributed by atoms with Gasteiger partial charge in [0.2, 0.25) is 0 Å². The first-order chi connectivity index (χ1) is 7.68. The third-order valence-corrected chi connectivity index (χ3v) is 3.53. The van der Waals surface area contributed by atoms with E-state index in [1.807, 2.05) is 7.05 Å². The maximum absolute atomic E-state index is 11.8. The molecule has 0 aromatic heterocycles. The van der Waals surface area contributed by atoms with Crippen molar-refractivity contribution in [1.82, 2.24) is 10.2 Å². The van der Waals surface area contributed by atoms with Crippen molar-refractivity contribution in [2.45, 2.75) is 38.1 Å². The molecule has 4 heteroatoms. The summed E-state index contributed by atoms with van der Waals surface area (Å²) in [7, 11) is 3.32. The van der Waals surface area contributed by atoms with Crippen molar-refractivity contribution in [2.24, 2.45) is 0 Å². The van der Waals surface area contributed by atoms with E-state index in [0.717, 1.165) is 38.9 Å². The lowest BCUT2D eigenvalue weighted by Gasteiger charge is -2.29. The fraction of sp³-hybridized carbons (Fsp3) is 0.917. The minimum Gasteiger partial charge on any atom is -0.468 e. The van der Waals surface area contributed by atoms with Gasteiger partial charge in [0.15, 0.2) is 0 Å². The smallest absolute Gasteiger partial charge is 0.326 e. The summed E-state index contributed by atoms with van der Waals surface area (Å²) in [6.45, 7) is 5.38. The van der Waals surface area contributed by atoms with E-state index in [1.54, 1.807) is 0 Å². The Morgan fingerprint density at radius 1 is 1.44 bits per heavy atom. The van der Waals surface area contributed by atoms with Crippen molar-refractivity contribution >= 4 is 5.97 Å². The van der Waals surface area contributed by atoms with Gasteiger partial charge in [-0.3, -0.25) is 4.79 Å². The van der Waals surface area contributed by atoms with Crippen LogP contribution in [0.2, 0.25) is 0 Å². The maximum Gasteiger partial charge on any atom is 0.326 e. The van der Waals surface area contributed by atoms with Gasteiger partial charge in [-0.1, -0.05) is 6.92 Å². The molecule has 1 aliphatic heterocycles. The van der Waals surface area contributed by atoms with Gasteiger partial charge in [0.25, 0.3) is 0 Å². The molecule has 1 saturated heterocycles. The molecule has 0 saturated carbocycles. The van der Waals surface area contributed by atoms with Crippen molar-refractivity contribution in [3.8, 4) is 0 Å². The molecular weight excluding hydrogens is 204 g/mol. The molecule has 0 aromatic rings. The lowest BCUT2D eigenvalue weighted by atomic mass is 9.91. The Bertz CT molecular complexity index is 233. The summed E-state index contributed by atoms with van der Waals surface area (Å²) in [4.78, 5) is 14.3. The van der Waals surface area contributed by atoms with Gasteiger partial charge in [-0.2, -0.15) is 0 Å². The molecule has 1 fully saturated rings. The number of carbonyl (C=O) groups is 1. The monoisotopic (exact) mass is 228 g/mol. The molecular formula is C12H24N2O2. The van der Waals surface area contributed by atoms with E-state index < -0.39 is 5.54 Å². The van der Waals surface area contributed by atoms with Crippen molar-refractivity contribution in [2.75, 3.05) is 33.8 Å². The van der Waals surface area contributed by atoms with E-state index in [9.17, 15) is 4.79 Å². The lowest BCUT2D eigenvalue weighted by Crippen LogP contribution is -2.51.